The largest absolute Gasteiger partial charge is 0.463 e. The average molecular weight is 541 g/mol. The maximum Gasteiger partial charge on any atom is 0.303 e. The van der Waals surface area contributed by atoms with Gasteiger partial charge in [-0.25, -0.2) is 13.4 Å². The van der Waals surface area contributed by atoms with Crippen LogP contribution in [0.1, 0.15) is 37.4 Å². The smallest absolute Gasteiger partial charge is 0.303 e. The number of nitrogen functional groups attached to an aromatic ring is 1. The molecule has 16 nitrogen and oxygen atoms in total. The molecular weight excluding hydrogens is 518 g/mol. The van der Waals surface area contributed by atoms with Gasteiger partial charge in [-0.3, -0.25) is 24.0 Å². The number of carbonyl (C=O) groups is 4. The molecule has 0 aliphatic carbocycles. The molecule has 0 unspecified atom stereocenters. The van der Waals surface area contributed by atoms with Crippen LogP contribution < -0.4 is 16.9 Å². The molecule has 1 fully saturated rings. The number of nitrogens with two attached hydrogens (primary N) is 2. The molecule has 1 saturated heterocycles. The number of fused-ring (bicyclic) bond motifs is 1. The predicted molar refractivity (Wildman–Crippen MR) is 121 cm³/mol. The van der Waals surface area contributed by atoms with Gasteiger partial charge >= 0.3 is 17.9 Å². The Morgan fingerprint density at radius 2 is 1.65 bits per heavy atom. The molecule has 3 rings (SSSR count). The van der Waals surface area contributed by atoms with E-state index in [0.29, 0.717) is 0 Å². The molecular formula is C20H23N5O11S. The third-order valence-electron chi connectivity index (χ3n) is 5.09. The van der Waals surface area contributed by atoms with E-state index in [9.17, 15) is 32.4 Å². The van der Waals surface area contributed by atoms with Crippen molar-refractivity contribution in [2.75, 3.05) is 18.6 Å². The van der Waals surface area contributed by atoms with Crippen molar-refractivity contribution in [2.24, 2.45) is 5.73 Å². The van der Waals surface area contributed by atoms with Gasteiger partial charge < -0.3 is 35.0 Å². The minimum atomic E-state index is -4.05. The monoisotopic (exact) mass is 541 g/mol. The number of esters is 3. The fourth-order valence-electron chi connectivity index (χ4n) is 3.70. The summed E-state index contributed by atoms with van der Waals surface area (Å²) in [6, 6.07) is 0. The first-order valence-corrected chi connectivity index (χ1v) is 12.4. The topological polar surface area (TPSA) is 239 Å². The Morgan fingerprint density at radius 1 is 1.05 bits per heavy atom. The van der Waals surface area contributed by atoms with E-state index in [1.165, 1.54) is 0 Å². The van der Waals surface area contributed by atoms with Crippen LogP contribution in [0.2, 0.25) is 0 Å². The number of rotatable bonds is 7. The van der Waals surface area contributed by atoms with E-state index < -0.39 is 97.8 Å². The van der Waals surface area contributed by atoms with Crippen LogP contribution in [0.4, 0.5) is 5.82 Å². The van der Waals surface area contributed by atoms with E-state index in [0.717, 1.165) is 37.8 Å². The number of carbonyl (C=O) groups excluding carboxylic acids is 4. The highest BCUT2D eigenvalue weighted by atomic mass is 32.2. The molecule has 1 aliphatic rings. The summed E-state index contributed by atoms with van der Waals surface area (Å²) < 4.78 is 46.8. The minimum Gasteiger partial charge on any atom is -0.463 e. The van der Waals surface area contributed by atoms with Crippen molar-refractivity contribution < 1.29 is 46.5 Å². The summed E-state index contributed by atoms with van der Waals surface area (Å²) in [6.45, 7) is 2.81. The maximum atomic E-state index is 13.0. The Morgan fingerprint density at radius 3 is 2.16 bits per heavy atom. The lowest BCUT2D eigenvalue weighted by molar-refractivity contribution is -0.166. The molecule has 0 bridgehead atoms. The van der Waals surface area contributed by atoms with Gasteiger partial charge in [-0.1, -0.05) is 0 Å². The summed E-state index contributed by atoms with van der Waals surface area (Å²) >= 11 is 0. The van der Waals surface area contributed by atoms with Crippen LogP contribution in [-0.2, 0) is 43.2 Å². The Labute approximate surface area is 208 Å². The standard InChI is InChI=1S/C20H23N5O11S/c1-7(26)33-6-11-14(34-8(2)27)15(35-9(3)28)19(36-11)25-5-10(17(22)30)13(29)12-16(21)23-20(24-18(12)25)37(4,31)32/h5,11,14-15,19H,6H2,1-4H3,(H2,22,30)(H2,21,23,24)/t11-,14-,15-,19+/m1/s1. The Hall–Kier alpha value is -4.12. The molecule has 0 radical (unpaired) electrons. The summed E-state index contributed by atoms with van der Waals surface area (Å²) in [5.74, 6) is -4.09. The number of pyridine rings is 1. The molecule has 0 spiro atoms. The first-order chi connectivity index (χ1) is 17.1. The minimum absolute atomic E-state index is 0.417. The molecule has 1 aliphatic heterocycles. The second kappa shape index (κ2) is 10.1. The third-order valence-corrected chi connectivity index (χ3v) is 5.94. The van der Waals surface area contributed by atoms with E-state index in [-0.39, 0.29) is 0 Å². The van der Waals surface area contributed by atoms with Crippen molar-refractivity contribution in [1.29, 1.82) is 0 Å². The summed E-state index contributed by atoms with van der Waals surface area (Å²) in [5, 5.41) is -1.23. The van der Waals surface area contributed by atoms with Gasteiger partial charge in [-0.05, 0) is 0 Å². The van der Waals surface area contributed by atoms with Crippen molar-refractivity contribution in [3.8, 4) is 0 Å². The zero-order valence-corrected chi connectivity index (χ0v) is 20.8. The molecule has 2 aromatic heterocycles. The van der Waals surface area contributed by atoms with Gasteiger partial charge in [-0.2, -0.15) is 4.98 Å². The SMILES string of the molecule is CC(=O)OC[C@H]1O[C@H](n2cc(C(N)=O)c(=O)c3c(N)nc(S(C)(=O)=O)nc32)[C@H](OC(C)=O)[C@@H]1OC(C)=O. The number of nitrogens with zero attached hydrogens (tertiary/aromatic N) is 3. The van der Waals surface area contributed by atoms with Gasteiger partial charge in [0.2, 0.25) is 15.3 Å². The van der Waals surface area contributed by atoms with Crippen LogP contribution in [0.5, 0.6) is 0 Å². The van der Waals surface area contributed by atoms with Crippen LogP contribution in [0.3, 0.4) is 0 Å². The molecule has 4 atom stereocenters. The van der Waals surface area contributed by atoms with Crippen LogP contribution in [0.25, 0.3) is 11.0 Å². The lowest BCUT2D eigenvalue weighted by atomic mass is 10.1. The van der Waals surface area contributed by atoms with Crippen LogP contribution >= 0.6 is 0 Å². The predicted octanol–water partition coefficient (Wildman–Crippen LogP) is -1.80. The molecule has 3 heterocycles. The molecule has 0 saturated carbocycles. The van der Waals surface area contributed by atoms with Crippen molar-refractivity contribution in [3.05, 3.63) is 22.0 Å². The Balaban J connectivity index is 2.35. The molecule has 4 N–H and O–H groups in total. The second-order valence-electron chi connectivity index (χ2n) is 8.02. The fourth-order valence-corrected chi connectivity index (χ4v) is 4.21. The van der Waals surface area contributed by atoms with Crippen LogP contribution in [0.15, 0.2) is 16.1 Å². The van der Waals surface area contributed by atoms with Gasteiger partial charge in [0.1, 0.15) is 29.5 Å². The van der Waals surface area contributed by atoms with Crippen LogP contribution in [-0.4, -0.2) is 77.9 Å². The first-order valence-electron chi connectivity index (χ1n) is 10.5. The van der Waals surface area contributed by atoms with Gasteiger partial charge in [0.15, 0.2) is 24.1 Å². The summed E-state index contributed by atoms with van der Waals surface area (Å²) in [5.41, 5.74) is 9.22. The van der Waals surface area contributed by atoms with Gasteiger partial charge in [0, 0.05) is 33.2 Å². The summed E-state index contributed by atoms with van der Waals surface area (Å²) in [4.78, 5) is 67.8. The second-order valence-corrected chi connectivity index (χ2v) is 9.93. The molecule has 37 heavy (non-hydrogen) atoms. The van der Waals surface area contributed by atoms with Crippen LogP contribution in [0, 0.1) is 0 Å². The van der Waals surface area contributed by atoms with E-state index in [4.69, 9.17) is 30.4 Å². The van der Waals surface area contributed by atoms with Crippen molar-refractivity contribution in [3.63, 3.8) is 0 Å². The number of amides is 1. The highest BCUT2D eigenvalue weighted by molar-refractivity contribution is 7.90. The third kappa shape index (κ3) is 5.67. The quantitative estimate of drug-likeness (QED) is 0.223. The van der Waals surface area contributed by atoms with E-state index in [1.54, 1.807) is 0 Å². The molecule has 1 amide bonds. The lowest BCUT2D eigenvalue weighted by Crippen LogP contribution is -2.41. The molecule has 0 aromatic carbocycles. The fraction of sp³-hybridized carbons (Fsp3) is 0.450. The average Bonchev–Trinajstić information content (AvgIpc) is 3.07. The zero-order chi connectivity index (χ0) is 27.8. The normalized spacial score (nSPS) is 21.4. The van der Waals surface area contributed by atoms with Crippen molar-refractivity contribution in [1.82, 2.24) is 14.5 Å². The van der Waals surface area contributed by atoms with Gasteiger partial charge in [-0.15, -0.1) is 0 Å². The summed E-state index contributed by atoms with van der Waals surface area (Å²) in [6.07, 6.45) is -3.80. The van der Waals surface area contributed by atoms with E-state index >= 15 is 0 Å². The number of hydrogen-bond donors (Lipinski definition) is 2. The number of primary amides is 1. The van der Waals surface area contributed by atoms with Crippen molar-refractivity contribution in [2.45, 2.75) is 50.5 Å². The Bertz CT molecular complexity index is 1470. The number of aromatic nitrogens is 3. The first kappa shape index (κ1) is 27.5. The number of ether oxygens (including phenoxy) is 4. The maximum absolute atomic E-state index is 13.0. The molecule has 200 valence electrons. The van der Waals surface area contributed by atoms with Gasteiger partial charge in [0.25, 0.3) is 11.1 Å². The summed E-state index contributed by atoms with van der Waals surface area (Å²) in [7, 11) is -4.05. The lowest BCUT2D eigenvalue weighted by Gasteiger charge is -2.25. The van der Waals surface area contributed by atoms with Gasteiger partial charge in [0.05, 0.1) is 0 Å². The van der Waals surface area contributed by atoms with E-state index in [1.807, 2.05) is 0 Å². The highest BCUT2D eigenvalue weighted by Crippen LogP contribution is 2.36. The molecule has 17 heteroatoms. The van der Waals surface area contributed by atoms with Crippen molar-refractivity contribution >= 4 is 50.5 Å². The van der Waals surface area contributed by atoms with E-state index in [2.05, 4.69) is 9.97 Å². The molecule has 2 aromatic rings. The number of anilines is 1. The zero-order valence-electron chi connectivity index (χ0n) is 20.0. The Kier molecular flexibility index (Phi) is 7.49. The highest BCUT2D eigenvalue weighted by Gasteiger charge is 2.51. The number of hydrogen-bond acceptors (Lipinski definition) is 14. The number of sulfone groups is 1.